The Bertz CT molecular complexity index is 582. The zero-order chi connectivity index (χ0) is 13.1. The molecule has 1 aromatic carbocycles. The van der Waals surface area contributed by atoms with Crippen LogP contribution >= 0.6 is 0 Å². The standard InChI is InChI=1S/C14H14N2O2/c1-10-3-5-11(6-4-10)12(17)9-13(18)14-15-7-8-16(14)2/h3-8H,9H2,1-2H3. The minimum atomic E-state index is -0.256. The molecule has 18 heavy (non-hydrogen) atoms. The molecule has 0 N–H and O–H groups in total. The van der Waals surface area contributed by atoms with Gasteiger partial charge < -0.3 is 4.57 Å². The molecule has 0 aliphatic rings. The van der Waals surface area contributed by atoms with E-state index >= 15 is 0 Å². The van der Waals surface area contributed by atoms with Crippen molar-refractivity contribution in [3.8, 4) is 0 Å². The number of rotatable bonds is 4. The van der Waals surface area contributed by atoms with Crippen LogP contribution in [0.2, 0.25) is 0 Å². The third-order valence-electron chi connectivity index (χ3n) is 2.77. The molecule has 2 aromatic rings. The van der Waals surface area contributed by atoms with E-state index in [2.05, 4.69) is 4.98 Å². The van der Waals surface area contributed by atoms with Crippen LogP contribution in [0.15, 0.2) is 36.7 Å². The smallest absolute Gasteiger partial charge is 0.205 e. The van der Waals surface area contributed by atoms with Crippen LogP contribution in [0.3, 0.4) is 0 Å². The largest absolute Gasteiger partial charge is 0.332 e. The van der Waals surface area contributed by atoms with Gasteiger partial charge in [-0.2, -0.15) is 0 Å². The van der Waals surface area contributed by atoms with Crippen LogP contribution in [0, 0.1) is 6.92 Å². The number of aromatic nitrogens is 2. The molecule has 92 valence electrons. The molecule has 0 amide bonds. The van der Waals surface area contributed by atoms with E-state index in [1.807, 2.05) is 19.1 Å². The summed E-state index contributed by atoms with van der Waals surface area (Å²) in [7, 11) is 1.73. The first-order valence-corrected chi connectivity index (χ1v) is 5.68. The van der Waals surface area contributed by atoms with E-state index in [0.717, 1.165) is 5.56 Å². The Morgan fingerprint density at radius 2 is 1.83 bits per heavy atom. The summed E-state index contributed by atoms with van der Waals surface area (Å²) in [5.74, 6) is -0.119. The van der Waals surface area contributed by atoms with E-state index in [1.165, 1.54) is 0 Å². The highest BCUT2D eigenvalue weighted by atomic mass is 16.1. The number of carbonyl (C=O) groups is 2. The van der Waals surface area contributed by atoms with E-state index in [4.69, 9.17) is 0 Å². The maximum atomic E-state index is 11.9. The number of nitrogens with zero attached hydrogens (tertiary/aromatic N) is 2. The van der Waals surface area contributed by atoms with Gasteiger partial charge in [-0.1, -0.05) is 29.8 Å². The fraction of sp³-hybridized carbons (Fsp3) is 0.214. The summed E-state index contributed by atoms with van der Waals surface area (Å²) in [6, 6.07) is 7.20. The molecule has 0 atom stereocenters. The Morgan fingerprint density at radius 1 is 1.17 bits per heavy atom. The highest BCUT2D eigenvalue weighted by Gasteiger charge is 2.16. The molecular weight excluding hydrogens is 228 g/mol. The van der Waals surface area contributed by atoms with Crippen molar-refractivity contribution in [3.63, 3.8) is 0 Å². The Labute approximate surface area is 105 Å². The number of Topliss-reactive ketones (excluding diaryl/α,β-unsaturated/α-hetero) is 2. The Morgan fingerprint density at radius 3 is 2.39 bits per heavy atom. The number of hydrogen-bond donors (Lipinski definition) is 0. The van der Waals surface area contributed by atoms with Gasteiger partial charge in [-0.25, -0.2) is 4.98 Å². The predicted octanol–water partition coefficient (Wildman–Crippen LogP) is 2.18. The molecule has 0 radical (unpaired) electrons. The lowest BCUT2D eigenvalue weighted by atomic mass is 10.0. The SMILES string of the molecule is Cc1ccc(C(=O)CC(=O)c2nccn2C)cc1. The predicted molar refractivity (Wildman–Crippen MR) is 67.7 cm³/mol. The van der Waals surface area contributed by atoms with Crippen LogP contribution in [0.5, 0.6) is 0 Å². The zero-order valence-corrected chi connectivity index (χ0v) is 10.4. The number of benzene rings is 1. The Balaban J connectivity index is 2.10. The molecule has 0 bridgehead atoms. The van der Waals surface area contributed by atoms with Gasteiger partial charge in [0.25, 0.3) is 0 Å². The number of hydrogen-bond acceptors (Lipinski definition) is 3. The molecule has 1 aromatic heterocycles. The molecule has 0 aliphatic carbocycles. The van der Waals surface area contributed by atoms with Crippen molar-refractivity contribution in [2.45, 2.75) is 13.3 Å². The van der Waals surface area contributed by atoms with Crippen LogP contribution in [0.1, 0.15) is 33.0 Å². The van der Waals surface area contributed by atoms with Gasteiger partial charge in [-0.3, -0.25) is 9.59 Å². The summed E-state index contributed by atoms with van der Waals surface area (Å²) in [4.78, 5) is 27.7. The van der Waals surface area contributed by atoms with Gasteiger partial charge in [0, 0.05) is 25.0 Å². The van der Waals surface area contributed by atoms with E-state index in [1.54, 1.807) is 36.1 Å². The monoisotopic (exact) mass is 242 g/mol. The molecular formula is C14H14N2O2. The highest BCUT2D eigenvalue weighted by Crippen LogP contribution is 2.08. The van der Waals surface area contributed by atoms with Gasteiger partial charge in [0.1, 0.15) is 0 Å². The van der Waals surface area contributed by atoms with E-state index in [0.29, 0.717) is 11.4 Å². The third-order valence-corrected chi connectivity index (χ3v) is 2.77. The average molecular weight is 242 g/mol. The first-order valence-electron chi connectivity index (χ1n) is 5.68. The summed E-state index contributed by atoms with van der Waals surface area (Å²) in [5.41, 5.74) is 1.64. The second-order valence-electron chi connectivity index (χ2n) is 4.25. The zero-order valence-electron chi connectivity index (χ0n) is 10.4. The molecule has 0 fully saturated rings. The van der Waals surface area contributed by atoms with Gasteiger partial charge in [0.15, 0.2) is 11.6 Å². The summed E-state index contributed by atoms with van der Waals surface area (Å²) >= 11 is 0. The van der Waals surface area contributed by atoms with Crippen molar-refractivity contribution in [2.24, 2.45) is 7.05 Å². The lowest BCUT2D eigenvalue weighted by Crippen LogP contribution is -2.12. The molecule has 1 heterocycles. The number of carbonyl (C=O) groups excluding carboxylic acids is 2. The van der Waals surface area contributed by atoms with Crippen molar-refractivity contribution < 1.29 is 9.59 Å². The maximum absolute atomic E-state index is 11.9. The molecule has 0 saturated carbocycles. The second kappa shape index (κ2) is 4.96. The van der Waals surface area contributed by atoms with Gasteiger partial charge in [-0.05, 0) is 6.92 Å². The second-order valence-corrected chi connectivity index (χ2v) is 4.25. The average Bonchev–Trinajstić information content (AvgIpc) is 2.76. The molecule has 4 nitrogen and oxygen atoms in total. The maximum Gasteiger partial charge on any atom is 0.205 e. The van der Waals surface area contributed by atoms with E-state index in [9.17, 15) is 9.59 Å². The van der Waals surface area contributed by atoms with Crippen molar-refractivity contribution in [1.29, 1.82) is 0 Å². The lowest BCUT2D eigenvalue weighted by molar-refractivity contribution is 0.0886. The minimum Gasteiger partial charge on any atom is -0.332 e. The lowest BCUT2D eigenvalue weighted by Gasteiger charge is -2.02. The minimum absolute atomic E-state index is 0.145. The van der Waals surface area contributed by atoms with E-state index < -0.39 is 0 Å². The van der Waals surface area contributed by atoms with Gasteiger partial charge in [0.05, 0.1) is 6.42 Å². The van der Waals surface area contributed by atoms with Crippen molar-refractivity contribution in [1.82, 2.24) is 9.55 Å². The molecule has 4 heteroatoms. The molecule has 0 aliphatic heterocycles. The van der Waals surface area contributed by atoms with Gasteiger partial charge in [0.2, 0.25) is 5.78 Å². The number of ketones is 2. The van der Waals surface area contributed by atoms with Crippen LogP contribution in [0.4, 0.5) is 0 Å². The van der Waals surface area contributed by atoms with Crippen molar-refractivity contribution in [3.05, 3.63) is 53.6 Å². The van der Waals surface area contributed by atoms with E-state index in [-0.39, 0.29) is 18.0 Å². The topological polar surface area (TPSA) is 52.0 Å². The number of imidazole rings is 1. The Hall–Kier alpha value is -2.23. The van der Waals surface area contributed by atoms with Gasteiger partial charge in [-0.15, -0.1) is 0 Å². The summed E-state index contributed by atoms with van der Waals surface area (Å²) < 4.78 is 1.62. The Kier molecular flexibility index (Phi) is 3.37. The highest BCUT2D eigenvalue weighted by molar-refractivity contribution is 6.12. The van der Waals surface area contributed by atoms with Gasteiger partial charge >= 0.3 is 0 Å². The molecule has 2 rings (SSSR count). The fourth-order valence-electron chi connectivity index (χ4n) is 1.70. The number of aryl methyl sites for hydroxylation is 2. The normalized spacial score (nSPS) is 10.3. The third kappa shape index (κ3) is 2.53. The fourth-order valence-corrected chi connectivity index (χ4v) is 1.70. The molecule has 0 unspecified atom stereocenters. The van der Waals surface area contributed by atoms with Crippen LogP contribution in [-0.4, -0.2) is 21.1 Å². The summed E-state index contributed by atoms with van der Waals surface area (Å²) in [5, 5.41) is 0. The van der Waals surface area contributed by atoms with Crippen molar-refractivity contribution in [2.75, 3.05) is 0 Å². The van der Waals surface area contributed by atoms with Crippen LogP contribution in [-0.2, 0) is 7.05 Å². The summed E-state index contributed by atoms with van der Waals surface area (Å²) in [6.07, 6.45) is 3.08. The van der Waals surface area contributed by atoms with Crippen LogP contribution < -0.4 is 0 Å². The molecule has 0 spiro atoms. The summed E-state index contributed by atoms with van der Waals surface area (Å²) in [6.45, 7) is 1.95. The first-order chi connectivity index (χ1) is 8.58. The van der Waals surface area contributed by atoms with Crippen molar-refractivity contribution >= 4 is 11.6 Å². The quantitative estimate of drug-likeness (QED) is 0.610. The molecule has 0 saturated heterocycles. The first kappa shape index (κ1) is 12.2. The van der Waals surface area contributed by atoms with Crippen LogP contribution in [0.25, 0.3) is 0 Å².